The van der Waals surface area contributed by atoms with Crippen LogP contribution in [0.2, 0.25) is 0 Å². The first-order valence-electron chi connectivity index (χ1n) is 7.65. The number of aromatic nitrogens is 2. The molecule has 2 amide bonds. The van der Waals surface area contributed by atoms with E-state index in [-0.39, 0.29) is 6.03 Å². The highest BCUT2D eigenvalue weighted by molar-refractivity contribution is 5.73. The van der Waals surface area contributed by atoms with Crippen molar-refractivity contribution in [2.45, 2.75) is 26.4 Å². The van der Waals surface area contributed by atoms with Gasteiger partial charge in [-0.05, 0) is 19.5 Å². The van der Waals surface area contributed by atoms with Gasteiger partial charge in [-0.1, -0.05) is 6.92 Å². The molecule has 0 aliphatic carbocycles. The summed E-state index contributed by atoms with van der Waals surface area (Å²) in [4.78, 5) is 16.6. The summed E-state index contributed by atoms with van der Waals surface area (Å²) in [6.45, 7) is 11.0. The van der Waals surface area contributed by atoms with Crippen molar-refractivity contribution in [1.82, 2.24) is 30.6 Å². The monoisotopic (exact) mass is 294 g/mol. The maximum absolute atomic E-state index is 11.7. The highest BCUT2D eigenvalue weighted by atomic mass is 16.2. The molecule has 1 aromatic heterocycles. The standard InChI is InChI=1S/C14H26N6O/c1-3-19-6-8-20(9-7-19)12(2)10-15-14(21)16-11-13-4-5-17-18-13/h4-5,12H,3,6-11H2,1-2H3,(H,17,18)(H2,15,16,21)/t12-/m0/s1. The number of hydrogen-bond acceptors (Lipinski definition) is 4. The van der Waals surface area contributed by atoms with Gasteiger partial charge in [-0.3, -0.25) is 10.00 Å². The largest absolute Gasteiger partial charge is 0.337 e. The number of nitrogens with one attached hydrogen (secondary N) is 3. The van der Waals surface area contributed by atoms with Crippen LogP contribution in [0.4, 0.5) is 4.79 Å². The summed E-state index contributed by atoms with van der Waals surface area (Å²) in [5.41, 5.74) is 0.897. The normalized spacial score (nSPS) is 18.4. The SMILES string of the molecule is CCN1CCN([C@@H](C)CNC(=O)NCc2ccn[nH]2)CC1. The number of piperazine rings is 1. The second-order valence-electron chi connectivity index (χ2n) is 5.46. The molecule has 1 saturated heterocycles. The fourth-order valence-corrected chi connectivity index (χ4v) is 2.51. The van der Waals surface area contributed by atoms with E-state index in [1.165, 1.54) is 0 Å². The van der Waals surface area contributed by atoms with Gasteiger partial charge in [0.05, 0.1) is 12.2 Å². The molecule has 118 valence electrons. The molecule has 0 saturated carbocycles. The van der Waals surface area contributed by atoms with Crippen molar-refractivity contribution in [2.24, 2.45) is 0 Å². The van der Waals surface area contributed by atoms with E-state index in [1.807, 2.05) is 6.07 Å². The zero-order valence-electron chi connectivity index (χ0n) is 12.9. The van der Waals surface area contributed by atoms with Crippen molar-refractivity contribution in [3.05, 3.63) is 18.0 Å². The Bertz CT molecular complexity index is 413. The Labute approximate surface area is 126 Å². The summed E-state index contributed by atoms with van der Waals surface area (Å²) >= 11 is 0. The molecule has 21 heavy (non-hydrogen) atoms. The quantitative estimate of drug-likeness (QED) is 0.702. The van der Waals surface area contributed by atoms with E-state index in [4.69, 9.17) is 0 Å². The average Bonchev–Trinajstić information content (AvgIpc) is 3.04. The van der Waals surface area contributed by atoms with Crippen LogP contribution in [0, 0.1) is 0 Å². The zero-order chi connectivity index (χ0) is 15.1. The van der Waals surface area contributed by atoms with Crippen molar-refractivity contribution in [1.29, 1.82) is 0 Å². The van der Waals surface area contributed by atoms with Crippen LogP contribution in [0.15, 0.2) is 12.3 Å². The van der Waals surface area contributed by atoms with E-state index in [2.05, 4.69) is 44.5 Å². The van der Waals surface area contributed by atoms with E-state index in [1.54, 1.807) is 6.20 Å². The molecule has 1 atom stereocenters. The highest BCUT2D eigenvalue weighted by Gasteiger charge is 2.20. The number of aromatic amines is 1. The van der Waals surface area contributed by atoms with Crippen LogP contribution in [0.25, 0.3) is 0 Å². The average molecular weight is 294 g/mol. The van der Waals surface area contributed by atoms with E-state index < -0.39 is 0 Å². The minimum atomic E-state index is -0.136. The number of amides is 2. The summed E-state index contributed by atoms with van der Waals surface area (Å²) in [7, 11) is 0. The van der Waals surface area contributed by atoms with Crippen LogP contribution in [0.1, 0.15) is 19.5 Å². The van der Waals surface area contributed by atoms with Crippen molar-refractivity contribution < 1.29 is 4.79 Å². The summed E-state index contributed by atoms with van der Waals surface area (Å²) in [6.07, 6.45) is 1.67. The first-order valence-corrected chi connectivity index (χ1v) is 7.65. The Balaban J connectivity index is 1.62. The van der Waals surface area contributed by atoms with Gasteiger partial charge >= 0.3 is 6.03 Å². The van der Waals surface area contributed by atoms with Gasteiger partial charge in [-0.2, -0.15) is 5.10 Å². The molecule has 0 aromatic carbocycles. The van der Waals surface area contributed by atoms with Gasteiger partial charge in [-0.25, -0.2) is 4.79 Å². The third kappa shape index (κ3) is 5.02. The van der Waals surface area contributed by atoms with Crippen LogP contribution < -0.4 is 10.6 Å². The van der Waals surface area contributed by atoms with Gasteiger partial charge < -0.3 is 15.5 Å². The molecule has 7 heteroatoms. The molecule has 1 aliphatic heterocycles. The van der Waals surface area contributed by atoms with Crippen LogP contribution >= 0.6 is 0 Å². The molecule has 0 radical (unpaired) electrons. The summed E-state index contributed by atoms with van der Waals surface area (Å²) in [5, 5.41) is 12.4. The van der Waals surface area contributed by atoms with E-state index in [0.717, 1.165) is 38.4 Å². The Morgan fingerprint density at radius 2 is 2.14 bits per heavy atom. The molecule has 2 rings (SSSR count). The lowest BCUT2D eigenvalue weighted by Gasteiger charge is -2.37. The number of carbonyl (C=O) groups excluding carboxylic acids is 1. The summed E-state index contributed by atoms with van der Waals surface area (Å²) < 4.78 is 0. The molecule has 1 aliphatic rings. The molecule has 7 nitrogen and oxygen atoms in total. The minimum absolute atomic E-state index is 0.136. The van der Waals surface area contributed by atoms with Crippen LogP contribution in [-0.2, 0) is 6.54 Å². The molecule has 0 bridgehead atoms. The molecule has 3 N–H and O–H groups in total. The zero-order valence-corrected chi connectivity index (χ0v) is 12.9. The Morgan fingerprint density at radius 1 is 1.38 bits per heavy atom. The van der Waals surface area contributed by atoms with Crippen molar-refractivity contribution in [3.63, 3.8) is 0 Å². The Hall–Kier alpha value is -1.60. The lowest BCUT2D eigenvalue weighted by atomic mass is 10.2. The van der Waals surface area contributed by atoms with Gasteiger partial charge in [0.2, 0.25) is 0 Å². The second kappa shape index (κ2) is 7.99. The molecular weight excluding hydrogens is 268 g/mol. The van der Waals surface area contributed by atoms with Gasteiger partial charge in [0.15, 0.2) is 0 Å². The first-order chi connectivity index (χ1) is 10.2. The number of nitrogens with zero attached hydrogens (tertiary/aromatic N) is 3. The van der Waals surface area contributed by atoms with Crippen molar-refractivity contribution in [2.75, 3.05) is 39.3 Å². The molecule has 1 aromatic rings. The fraction of sp³-hybridized carbons (Fsp3) is 0.714. The predicted molar refractivity (Wildman–Crippen MR) is 82.0 cm³/mol. The lowest BCUT2D eigenvalue weighted by Crippen LogP contribution is -2.52. The van der Waals surface area contributed by atoms with Crippen molar-refractivity contribution >= 4 is 6.03 Å². The highest BCUT2D eigenvalue weighted by Crippen LogP contribution is 2.05. The smallest absolute Gasteiger partial charge is 0.315 e. The number of hydrogen-bond donors (Lipinski definition) is 3. The third-order valence-corrected chi connectivity index (χ3v) is 4.03. The van der Waals surface area contributed by atoms with Crippen molar-refractivity contribution in [3.8, 4) is 0 Å². The number of H-pyrrole nitrogens is 1. The molecule has 0 unspecified atom stereocenters. The maximum Gasteiger partial charge on any atom is 0.315 e. The number of urea groups is 1. The molecule has 2 heterocycles. The van der Waals surface area contributed by atoms with Gasteiger partial charge in [0, 0.05) is 45.0 Å². The van der Waals surface area contributed by atoms with E-state index in [9.17, 15) is 4.79 Å². The number of carbonyl (C=O) groups is 1. The third-order valence-electron chi connectivity index (χ3n) is 4.03. The Morgan fingerprint density at radius 3 is 2.76 bits per heavy atom. The van der Waals surface area contributed by atoms with Gasteiger partial charge in [-0.15, -0.1) is 0 Å². The predicted octanol–water partition coefficient (Wildman–Crippen LogP) is 0.235. The van der Waals surface area contributed by atoms with E-state index >= 15 is 0 Å². The number of likely N-dealkylation sites (N-methyl/N-ethyl adjacent to an activating group) is 1. The van der Waals surface area contributed by atoms with Crippen LogP contribution in [0.3, 0.4) is 0 Å². The number of rotatable bonds is 6. The minimum Gasteiger partial charge on any atom is -0.337 e. The topological polar surface area (TPSA) is 76.3 Å². The molecule has 0 spiro atoms. The molecule has 1 fully saturated rings. The fourth-order valence-electron chi connectivity index (χ4n) is 2.51. The first kappa shape index (κ1) is 15.8. The van der Waals surface area contributed by atoms with Crippen LogP contribution in [-0.4, -0.2) is 71.3 Å². The Kier molecular flexibility index (Phi) is 6.01. The van der Waals surface area contributed by atoms with Gasteiger partial charge in [0.1, 0.15) is 0 Å². The lowest BCUT2D eigenvalue weighted by molar-refractivity contribution is 0.106. The van der Waals surface area contributed by atoms with Gasteiger partial charge in [0.25, 0.3) is 0 Å². The van der Waals surface area contributed by atoms with E-state index in [0.29, 0.717) is 19.1 Å². The summed E-state index contributed by atoms with van der Waals surface area (Å²) in [5.74, 6) is 0. The summed E-state index contributed by atoms with van der Waals surface area (Å²) in [6, 6.07) is 2.07. The molecular formula is C14H26N6O. The maximum atomic E-state index is 11.7. The second-order valence-corrected chi connectivity index (χ2v) is 5.46. The van der Waals surface area contributed by atoms with Crippen LogP contribution in [0.5, 0.6) is 0 Å².